The summed E-state index contributed by atoms with van der Waals surface area (Å²) < 4.78 is 7.75. The van der Waals surface area contributed by atoms with Crippen LogP contribution in [0.15, 0.2) is 64.2 Å². The number of methoxy groups -OCH3 is 1. The van der Waals surface area contributed by atoms with Crippen LogP contribution in [-0.2, 0) is 18.4 Å². The largest absolute Gasteiger partial charge is 0.497 e. The molecule has 2 aromatic carbocycles. The third-order valence-electron chi connectivity index (χ3n) is 6.28. The highest BCUT2D eigenvalue weighted by molar-refractivity contribution is 6.03. The summed E-state index contributed by atoms with van der Waals surface area (Å²) in [4.78, 5) is 52.8. The first kappa shape index (κ1) is 24.0. The molecule has 0 bridgehead atoms. The Morgan fingerprint density at radius 2 is 1.74 bits per heavy atom. The second-order valence-electron chi connectivity index (χ2n) is 8.47. The van der Waals surface area contributed by atoms with Gasteiger partial charge in [0.25, 0.3) is 11.5 Å². The zero-order valence-corrected chi connectivity index (χ0v) is 19.9. The van der Waals surface area contributed by atoms with Gasteiger partial charge in [0, 0.05) is 25.1 Å². The van der Waals surface area contributed by atoms with E-state index in [0.29, 0.717) is 29.8 Å². The Hall–Kier alpha value is -4.14. The molecule has 9 nitrogen and oxygen atoms in total. The molecule has 0 saturated heterocycles. The number of nitrogens with zero attached hydrogens (tertiary/aromatic N) is 2. The van der Waals surface area contributed by atoms with Crippen LogP contribution in [0.3, 0.4) is 0 Å². The second-order valence-corrected chi connectivity index (χ2v) is 8.47. The van der Waals surface area contributed by atoms with Crippen molar-refractivity contribution in [1.82, 2.24) is 14.5 Å². The van der Waals surface area contributed by atoms with E-state index in [4.69, 9.17) is 4.74 Å². The van der Waals surface area contributed by atoms with Crippen LogP contribution in [0.4, 0.5) is 5.82 Å². The fraction of sp³-hybridized carbons (Fsp3) is 0.308. The van der Waals surface area contributed by atoms with Gasteiger partial charge in [0.1, 0.15) is 17.6 Å². The lowest BCUT2D eigenvalue weighted by atomic mass is 9.82. The molecule has 9 heteroatoms. The average Bonchev–Trinajstić information content (AvgIpc) is 2.88. The number of hydrogen-bond acceptors (Lipinski definition) is 5. The van der Waals surface area contributed by atoms with E-state index in [1.54, 1.807) is 61.7 Å². The van der Waals surface area contributed by atoms with Crippen molar-refractivity contribution in [2.45, 2.75) is 38.3 Å². The number of aromatic nitrogens is 2. The summed E-state index contributed by atoms with van der Waals surface area (Å²) in [6.45, 7) is 2.34. The normalized spacial score (nSPS) is 16.8. The smallest absolute Gasteiger partial charge is 0.332 e. The number of anilines is 1. The van der Waals surface area contributed by atoms with Gasteiger partial charge in [-0.3, -0.25) is 23.5 Å². The van der Waals surface area contributed by atoms with Crippen LogP contribution in [0.1, 0.15) is 47.2 Å². The molecule has 2 atom stereocenters. The fourth-order valence-electron chi connectivity index (χ4n) is 4.38. The lowest BCUT2D eigenvalue weighted by Crippen LogP contribution is -2.55. The molecule has 0 radical (unpaired) electrons. The number of benzene rings is 2. The number of ether oxygens (including phenoxy) is 1. The maximum absolute atomic E-state index is 13.4. The molecular formula is C26H28N4O5. The first-order valence-electron chi connectivity index (χ1n) is 11.5. The van der Waals surface area contributed by atoms with Crippen molar-refractivity contribution in [3.8, 4) is 5.75 Å². The maximum atomic E-state index is 13.4. The zero-order valence-electron chi connectivity index (χ0n) is 19.9. The highest BCUT2D eigenvalue weighted by Gasteiger charge is 2.42. The molecule has 1 aliphatic heterocycles. The van der Waals surface area contributed by atoms with E-state index in [-0.39, 0.29) is 11.4 Å². The molecule has 0 unspecified atom stereocenters. The molecule has 182 valence electrons. The summed E-state index contributed by atoms with van der Waals surface area (Å²) in [5.41, 5.74) is 0.269. The Kier molecular flexibility index (Phi) is 6.86. The van der Waals surface area contributed by atoms with Crippen LogP contribution in [0.25, 0.3) is 0 Å². The van der Waals surface area contributed by atoms with Crippen LogP contribution < -0.4 is 26.6 Å². The van der Waals surface area contributed by atoms with Gasteiger partial charge in [-0.25, -0.2) is 4.79 Å². The minimum Gasteiger partial charge on any atom is -0.497 e. The van der Waals surface area contributed by atoms with E-state index in [0.717, 1.165) is 11.0 Å². The molecule has 1 aromatic heterocycles. The highest BCUT2D eigenvalue weighted by Crippen LogP contribution is 2.35. The highest BCUT2D eigenvalue weighted by atomic mass is 16.5. The van der Waals surface area contributed by atoms with E-state index in [9.17, 15) is 19.2 Å². The standard InChI is InChI=1S/C26H28N4O5/c1-4-5-15-30-22-20(25(33)29(2)26(30)34)19(16-11-13-18(35-3)14-12-16)21(24(32)28-22)27-23(31)17-9-7-6-8-10-17/h6-14,19,21H,4-5,15H2,1-3H3,(H,27,31)(H,28,32)/t19-,21-/m1/s1. The Labute approximate surface area is 202 Å². The molecule has 35 heavy (non-hydrogen) atoms. The van der Waals surface area contributed by atoms with Gasteiger partial charge in [-0.05, 0) is 36.2 Å². The summed E-state index contributed by atoms with van der Waals surface area (Å²) in [5.74, 6) is -0.962. The van der Waals surface area contributed by atoms with Gasteiger partial charge in [0.2, 0.25) is 5.91 Å². The quantitative estimate of drug-likeness (QED) is 0.543. The number of rotatable bonds is 7. The van der Waals surface area contributed by atoms with Crippen molar-refractivity contribution in [2.24, 2.45) is 7.05 Å². The Morgan fingerprint density at radius 3 is 2.37 bits per heavy atom. The van der Waals surface area contributed by atoms with Crippen molar-refractivity contribution in [2.75, 3.05) is 12.4 Å². The van der Waals surface area contributed by atoms with Gasteiger partial charge in [-0.2, -0.15) is 0 Å². The summed E-state index contributed by atoms with van der Waals surface area (Å²) in [7, 11) is 2.97. The molecule has 2 N–H and O–H groups in total. The first-order valence-corrected chi connectivity index (χ1v) is 11.5. The molecule has 2 heterocycles. The zero-order chi connectivity index (χ0) is 25.1. The number of carbonyl (C=O) groups excluding carboxylic acids is 2. The van der Waals surface area contributed by atoms with Gasteiger partial charge in [-0.15, -0.1) is 0 Å². The number of carbonyl (C=O) groups is 2. The van der Waals surface area contributed by atoms with Crippen molar-refractivity contribution >= 4 is 17.6 Å². The monoisotopic (exact) mass is 476 g/mol. The van der Waals surface area contributed by atoms with Crippen LogP contribution in [0.5, 0.6) is 5.75 Å². The molecular weight excluding hydrogens is 448 g/mol. The minimum atomic E-state index is -1.08. The van der Waals surface area contributed by atoms with Crippen molar-refractivity contribution in [1.29, 1.82) is 0 Å². The predicted octanol–water partition coefficient (Wildman–Crippen LogP) is 2.24. The number of amides is 2. The van der Waals surface area contributed by atoms with Crippen molar-refractivity contribution < 1.29 is 14.3 Å². The van der Waals surface area contributed by atoms with Gasteiger partial charge in [-0.1, -0.05) is 43.7 Å². The first-order chi connectivity index (χ1) is 16.9. The number of unbranched alkanes of at least 4 members (excludes halogenated alkanes) is 1. The lowest BCUT2D eigenvalue weighted by Gasteiger charge is -2.34. The fourth-order valence-corrected chi connectivity index (χ4v) is 4.38. The molecule has 4 rings (SSSR count). The van der Waals surface area contributed by atoms with Crippen molar-refractivity contribution in [3.63, 3.8) is 0 Å². The summed E-state index contributed by atoms with van der Waals surface area (Å²) >= 11 is 0. The van der Waals surface area contributed by atoms with E-state index < -0.39 is 35.0 Å². The molecule has 3 aromatic rings. The van der Waals surface area contributed by atoms with Gasteiger partial charge < -0.3 is 15.4 Å². The predicted molar refractivity (Wildman–Crippen MR) is 132 cm³/mol. The van der Waals surface area contributed by atoms with Gasteiger partial charge in [0.15, 0.2) is 0 Å². The van der Waals surface area contributed by atoms with Gasteiger partial charge >= 0.3 is 5.69 Å². The Balaban J connectivity index is 1.90. The van der Waals surface area contributed by atoms with Crippen LogP contribution in [0.2, 0.25) is 0 Å². The van der Waals surface area contributed by atoms with Crippen molar-refractivity contribution in [3.05, 3.63) is 92.1 Å². The molecule has 0 saturated carbocycles. The minimum absolute atomic E-state index is 0.183. The van der Waals surface area contributed by atoms with Crippen LogP contribution in [0, 0.1) is 0 Å². The number of hydrogen-bond donors (Lipinski definition) is 2. The van der Waals surface area contributed by atoms with Gasteiger partial charge in [0.05, 0.1) is 12.7 Å². The summed E-state index contributed by atoms with van der Waals surface area (Å²) in [5, 5.41) is 5.56. The maximum Gasteiger partial charge on any atom is 0.332 e. The van der Waals surface area contributed by atoms with E-state index in [1.165, 1.54) is 11.6 Å². The molecule has 2 amide bonds. The molecule has 0 fully saturated rings. The Morgan fingerprint density at radius 1 is 1.06 bits per heavy atom. The van der Waals surface area contributed by atoms with E-state index in [2.05, 4.69) is 10.6 Å². The summed E-state index contributed by atoms with van der Waals surface area (Å²) in [6.07, 6.45) is 1.53. The lowest BCUT2D eigenvalue weighted by molar-refractivity contribution is -0.118. The average molecular weight is 477 g/mol. The van der Waals surface area contributed by atoms with Crippen LogP contribution in [-0.4, -0.2) is 34.1 Å². The topological polar surface area (TPSA) is 111 Å². The third kappa shape index (κ3) is 4.49. The Bertz CT molecular complexity index is 1360. The van der Waals surface area contributed by atoms with Crippen LogP contribution >= 0.6 is 0 Å². The number of nitrogens with one attached hydrogen (secondary N) is 2. The third-order valence-corrected chi connectivity index (χ3v) is 6.28. The molecule has 0 aliphatic carbocycles. The van der Waals surface area contributed by atoms with E-state index in [1.807, 2.05) is 6.92 Å². The molecule has 0 spiro atoms. The SMILES string of the molecule is CCCCn1c2c(c(=O)n(C)c1=O)[C@@H](c1ccc(OC)cc1)[C@@H](NC(=O)c1ccccc1)C(=O)N2. The summed E-state index contributed by atoms with van der Waals surface area (Å²) in [6, 6.07) is 14.4. The number of fused-ring (bicyclic) bond motifs is 1. The van der Waals surface area contributed by atoms with E-state index >= 15 is 0 Å². The molecule has 1 aliphatic rings. The second kappa shape index (κ2) is 10.0.